The van der Waals surface area contributed by atoms with Crippen molar-refractivity contribution in [2.24, 2.45) is 0 Å². The zero-order valence-electron chi connectivity index (χ0n) is 15.3. The first-order valence-electron chi connectivity index (χ1n) is 9.13. The van der Waals surface area contributed by atoms with Crippen LogP contribution in [0, 0.1) is 5.82 Å². The molecule has 0 radical (unpaired) electrons. The molecule has 6 nitrogen and oxygen atoms in total. The van der Waals surface area contributed by atoms with Crippen molar-refractivity contribution in [2.45, 2.75) is 31.8 Å². The van der Waals surface area contributed by atoms with Gasteiger partial charge in [-0.2, -0.15) is 0 Å². The summed E-state index contributed by atoms with van der Waals surface area (Å²) in [5, 5.41) is 2.56. The Morgan fingerprint density at radius 1 is 1.25 bits per heavy atom. The van der Waals surface area contributed by atoms with Crippen LogP contribution in [0.3, 0.4) is 0 Å². The van der Waals surface area contributed by atoms with Gasteiger partial charge in [-0.05, 0) is 42.7 Å². The Kier molecular flexibility index (Phi) is 4.58. The molecule has 0 saturated heterocycles. The number of para-hydroxylation sites is 1. The molecule has 28 heavy (non-hydrogen) atoms. The van der Waals surface area contributed by atoms with Gasteiger partial charge >= 0.3 is 5.97 Å². The fourth-order valence-electron chi connectivity index (χ4n) is 3.74. The summed E-state index contributed by atoms with van der Waals surface area (Å²) in [5.74, 6) is -2.75. The fraction of sp³-hybridized carbons (Fsp3) is 0.286. The number of carbonyl (C=O) groups is 3. The zero-order valence-corrected chi connectivity index (χ0v) is 15.3. The summed E-state index contributed by atoms with van der Waals surface area (Å²) in [7, 11) is 0. The Hall–Kier alpha value is -3.22. The fourth-order valence-corrected chi connectivity index (χ4v) is 3.74. The van der Waals surface area contributed by atoms with Gasteiger partial charge in [0.15, 0.2) is 6.10 Å². The van der Waals surface area contributed by atoms with Gasteiger partial charge in [0.05, 0.1) is 5.92 Å². The van der Waals surface area contributed by atoms with Gasteiger partial charge < -0.3 is 15.0 Å². The van der Waals surface area contributed by atoms with Gasteiger partial charge in [0, 0.05) is 24.3 Å². The summed E-state index contributed by atoms with van der Waals surface area (Å²) in [6.45, 7) is 2.06. The number of esters is 1. The van der Waals surface area contributed by atoms with Crippen molar-refractivity contribution < 1.29 is 23.5 Å². The molecule has 0 fully saturated rings. The highest BCUT2D eigenvalue weighted by Gasteiger charge is 2.35. The monoisotopic (exact) mass is 382 g/mol. The van der Waals surface area contributed by atoms with Crippen LogP contribution in [0.4, 0.5) is 15.8 Å². The van der Waals surface area contributed by atoms with E-state index < -0.39 is 29.7 Å². The highest BCUT2D eigenvalue weighted by atomic mass is 19.1. The van der Waals surface area contributed by atoms with Crippen molar-refractivity contribution in [1.82, 2.24) is 0 Å². The summed E-state index contributed by atoms with van der Waals surface area (Å²) in [4.78, 5) is 39.0. The van der Waals surface area contributed by atoms with Crippen LogP contribution >= 0.6 is 0 Å². The Morgan fingerprint density at radius 2 is 2.04 bits per heavy atom. The van der Waals surface area contributed by atoms with Crippen LogP contribution in [0.25, 0.3) is 0 Å². The molecule has 2 aliphatic heterocycles. The molecule has 0 aliphatic carbocycles. The number of anilines is 2. The molecule has 144 valence electrons. The summed E-state index contributed by atoms with van der Waals surface area (Å²) in [6.07, 6.45) is -0.345. The predicted octanol–water partition coefficient (Wildman–Crippen LogP) is 2.77. The highest BCUT2D eigenvalue weighted by Crippen LogP contribution is 2.34. The largest absolute Gasteiger partial charge is 0.452 e. The molecule has 0 unspecified atom stereocenters. The number of ether oxygens (including phenoxy) is 1. The van der Waals surface area contributed by atoms with Gasteiger partial charge in [-0.3, -0.25) is 14.4 Å². The first-order valence-corrected chi connectivity index (χ1v) is 9.13. The van der Waals surface area contributed by atoms with Gasteiger partial charge in [-0.15, -0.1) is 0 Å². The molecule has 2 heterocycles. The maximum atomic E-state index is 13.4. The Balaban J connectivity index is 1.50. The number of fused-ring (bicyclic) bond motifs is 2. The SMILES string of the molecule is C[C@H](OC(=O)[C@H]1CC(=O)Nc2cc(F)ccc21)C(=O)N1CCc2ccccc21. The third-order valence-electron chi connectivity index (χ3n) is 5.13. The number of hydrogen-bond acceptors (Lipinski definition) is 4. The minimum atomic E-state index is -0.993. The Labute approximate surface area is 161 Å². The minimum absolute atomic E-state index is 0.106. The van der Waals surface area contributed by atoms with Crippen molar-refractivity contribution in [1.29, 1.82) is 0 Å². The lowest BCUT2D eigenvalue weighted by Crippen LogP contribution is -2.40. The first-order chi connectivity index (χ1) is 13.4. The second kappa shape index (κ2) is 7.07. The number of rotatable bonds is 3. The van der Waals surface area contributed by atoms with E-state index in [9.17, 15) is 18.8 Å². The number of halogens is 1. The molecule has 2 atom stereocenters. The second-order valence-electron chi connectivity index (χ2n) is 6.98. The molecule has 0 bridgehead atoms. The number of amides is 2. The van der Waals surface area contributed by atoms with Crippen molar-refractivity contribution in [3.05, 3.63) is 59.4 Å². The standard InChI is InChI=1S/C21H19FN2O4/c1-12(20(26)24-9-8-13-4-2-3-5-18(13)24)28-21(27)16-11-19(25)23-17-10-14(22)6-7-15(16)17/h2-7,10,12,16H,8-9,11H2,1H3,(H,23,25)/t12-,16-/m0/s1. The number of nitrogens with one attached hydrogen (secondary N) is 1. The van der Waals surface area contributed by atoms with E-state index >= 15 is 0 Å². The smallest absolute Gasteiger partial charge is 0.314 e. The average Bonchev–Trinajstić information content (AvgIpc) is 3.10. The van der Waals surface area contributed by atoms with Crippen LogP contribution < -0.4 is 10.2 Å². The molecule has 2 amide bonds. The van der Waals surface area contributed by atoms with Crippen molar-refractivity contribution in [2.75, 3.05) is 16.8 Å². The Morgan fingerprint density at radius 3 is 2.86 bits per heavy atom. The topological polar surface area (TPSA) is 75.7 Å². The Bertz CT molecular complexity index is 975. The van der Waals surface area contributed by atoms with Gasteiger partial charge in [-0.25, -0.2) is 4.39 Å². The van der Waals surface area contributed by atoms with Crippen LogP contribution in [0.2, 0.25) is 0 Å². The lowest BCUT2D eigenvalue weighted by atomic mass is 9.90. The average molecular weight is 382 g/mol. The van der Waals surface area contributed by atoms with E-state index in [1.807, 2.05) is 24.3 Å². The molecule has 2 aromatic carbocycles. The summed E-state index contributed by atoms with van der Waals surface area (Å²) < 4.78 is 18.9. The molecule has 1 N–H and O–H groups in total. The minimum Gasteiger partial charge on any atom is -0.452 e. The normalized spacial score (nSPS) is 18.7. The predicted molar refractivity (Wildman–Crippen MR) is 100 cm³/mol. The van der Waals surface area contributed by atoms with Crippen LogP contribution in [-0.4, -0.2) is 30.4 Å². The van der Waals surface area contributed by atoms with Crippen molar-refractivity contribution in [3.8, 4) is 0 Å². The van der Waals surface area contributed by atoms with Crippen molar-refractivity contribution >= 4 is 29.2 Å². The third-order valence-corrected chi connectivity index (χ3v) is 5.13. The van der Waals surface area contributed by atoms with Crippen LogP contribution in [-0.2, 0) is 25.5 Å². The third kappa shape index (κ3) is 3.24. The lowest BCUT2D eigenvalue weighted by Gasteiger charge is -2.26. The molecule has 2 aliphatic rings. The zero-order chi connectivity index (χ0) is 19.8. The molecule has 7 heteroatoms. The summed E-state index contributed by atoms with van der Waals surface area (Å²) in [5.41, 5.74) is 2.64. The van der Waals surface area contributed by atoms with E-state index in [0.29, 0.717) is 12.1 Å². The molecular formula is C21H19FN2O4. The van der Waals surface area contributed by atoms with Gasteiger partial charge in [0.1, 0.15) is 5.82 Å². The van der Waals surface area contributed by atoms with Gasteiger partial charge in [-0.1, -0.05) is 24.3 Å². The van der Waals surface area contributed by atoms with E-state index in [-0.39, 0.29) is 18.0 Å². The highest BCUT2D eigenvalue weighted by molar-refractivity contribution is 6.02. The summed E-state index contributed by atoms with van der Waals surface area (Å²) in [6, 6.07) is 11.5. The molecule has 0 spiro atoms. The number of nitrogens with zero attached hydrogens (tertiary/aromatic N) is 1. The van der Waals surface area contributed by atoms with Gasteiger partial charge in [0.25, 0.3) is 5.91 Å². The number of benzene rings is 2. The number of carbonyl (C=O) groups excluding carboxylic acids is 3. The van der Waals surface area contributed by atoms with Crippen LogP contribution in [0.5, 0.6) is 0 Å². The second-order valence-corrected chi connectivity index (χ2v) is 6.98. The maximum absolute atomic E-state index is 13.4. The molecule has 0 aromatic heterocycles. The summed E-state index contributed by atoms with van der Waals surface area (Å²) >= 11 is 0. The maximum Gasteiger partial charge on any atom is 0.314 e. The first kappa shape index (κ1) is 18.2. The van der Waals surface area contributed by atoms with Crippen LogP contribution in [0.1, 0.15) is 30.4 Å². The van der Waals surface area contributed by atoms with E-state index in [4.69, 9.17) is 4.74 Å². The van der Waals surface area contributed by atoms with E-state index in [1.165, 1.54) is 25.1 Å². The number of hydrogen-bond donors (Lipinski definition) is 1. The molecule has 4 rings (SSSR count). The molecule has 0 saturated carbocycles. The quantitative estimate of drug-likeness (QED) is 0.829. The molecular weight excluding hydrogens is 363 g/mol. The van der Waals surface area contributed by atoms with E-state index in [0.717, 1.165) is 17.7 Å². The lowest BCUT2D eigenvalue weighted by molar-refractivity contribution is -0.156. The molecule has 2 aromatic rings. The van der Waals surface area contributed by atoms with E-state index in [1.54, 1.807) is 4.90 Å². The van der Waals surface area contributed by atoms with Gasteiger partial charge in [0.2, 0.25) is 5.91 Å². The van der Waals surface area contributed by atoms with E-state index in [2.05, 4.69) is 5.32 Å². The van der Waals surface area contributed by atoms with Crippen LogP contribution in [0.15, 0.2) is 42.5 Å². The van der Waals surface area contributed by atoms with Crippen molar-refractivity contribution in [3.63, 3.8) is 0 Å².